The molecule has 1 aromatic heterocycles. The lowest BCUT2D eigenvalue weighted by molar-refractivity contribution is -0.122. The van der Waals surface area contributed by atoms with Crippen LogP contribution in [0.15, 0.2) is 64.8 Å². The average molecular weight is 378 g/mol. The third-order valence-corrected chi connectivity index (χ3v) is 3.88. The largest absolute Gasteiger partial charge is 0.497 e. The molecule has 3 rings (SSSR count). The number of carbonyl (C=O) groups is 2. The highest BCUT2D eigenvalue weighted by atomic mass is 16.5. The van der Waals surface area contributed by atoms with Gasteiger partial charge >= 0.3 is 0 Å². The van der Waals surface area contributed by atoms with Crippen LogP contribution in [-0.4, -0.2) is 35.6 Å². The first-order valence-electron chi connectivity index (χ1n) is 8.41. The summed E-state index contributed by atoms with van der Waals surface area (Å²) in [7, 11) is 1.58. The Balaban J connectivity index is 1.54. The van der Waals surface area contributed by atoms with Crippen molar-refractivity contribution in [1.82, 2.24) is 10.3 Å². The van der Waals surface area contributed by atoms with Crippen LogP contribution in [0.3, 0.4) is 0 Å². The Morgan fingerprint density at radius 3 is 2.68 bits per heavy atom. The fourth-order valence-electron chi connectivity index (χ4n) is 2.46. The highest BCUT2D eigenvalue weighted by Crippen LogP contribution is 2.35. The number of nitrogens with zero attached hydrogens (tertiary/aromatic N) is 2. The highest BCUT2D eigenvalue weighted by Gasteiger charge is 2.10. The molecule has 28 heavy (non-hydrogen) atoms. The van der Waals surface area contributed by atoms with E-state index in [1.54, 1.807) is 61.7 Å². The van der Waals surface area contributed by atoms with Crippen molar-refractivity contribution in [2.45, 2.75) is 0 Å². The van der Waals surface area contributed by atoms with Crippen LogP contribution in [0.2, 0.25) is 0 Å². The summed E-state index contributed by atoms with van der Waals surface area (Å²) < 4.78 is 5.06. The fraction of sp³-hybridized carbons (Fsp3) is 0.100. The predicted molar refractivity (Wildman–Crippen MR) is 105 cm³/mol. The first-order valence-corrected chi connectivity index (χ1v) is 8.41. The number of fused-ring (bicyclic) bond motifs is 1. The molecule has 0 radical (unpaired) electrons. The van der Waals surface area contributed by atoms with Gasteiger partial charge in [0.1, 0.15) is 12.3 Å². The second-order valence-corrected chi connectivity index (χ2v) is 5.79. The van der Waals surface area contributed by atoms with Gasteiger partial charge in [-0.3, -0.25) is 9.59 Å². The van der Waals surface area contributed by atoms with Gasteiger partial charge < -0.3 is 20.1 Å². The second-order valence-electron chi connectivity index (χ2n) is 5.79. The molecule has 0 fully saturated rings. The van der Waals surface area contributed by atoms with Crippen molar-refractivity contribution < 1.29 is 19.4 Å². The van der Waals surface area contributed by atoms with Crippen LogP contribution in [0.5, 0.6) is 11.6 Å². The molecule has 3 aromatic rings. The summed E-state index contributed by atoms with van der Waals surface area (Å²) in [5.74, 6) is -0.534. The second kappa shape index (κ2) is 8.63. The Hall–Kier alpha value is -3.94. The number of azo groups is 1. The Morgan fingerprint density at radius 1 is 1.18 bits per heavy atom. The number of aromatic nitrogens is 1. The number of H-pyrrole nitrogens is 1. The molecule has 0 saturated carbocycles. The molecule has 0 atom stereocenters. The molecule has 0 aliphatic carbocycles. The van der Waals surface area contributed by atoms with Crippen molar-refractivity contribution in [1.29, 1.82) is 0 Å². The van der Waals surface area contributed by atoms with Crippen LogP contribution in [0.25, 0.3) is 17.0 Å². The minimum absolute atomic E-state index is 0.176. The zero-order valence-corrected chi connectivity index (χ0v) is 15.0. The lowest BCUT2D eigenvalue weighted by Crippen LogP contribution is -2.26. The molecule has 0 aliphatic heterocycles. The van der Waals surface area contributed by atoms with Gasteiger partial charge in [0.25, 0.3) is 5.91 Å². The maximum atomic E-state index is 11.8. The van der Waals surface area contributed by atoms with Crippen LogP contribution in [0.4, 0.5) is 5.69 Å². The number of amides is 2. The molecule has 0 spiro atoms. The number of hydrogen-bond acceptors (Lipinski definition) is 5. The summed E-state index contributed by atoms with van der Waals surface area (Å²) in [5.41, 5.74) is 1.67. The minimum atomic E-state index is -0.643. The third-order valence-electron chi connectivity index (χ3n) is 3.88. The number of ether oxygens (including phenoxy) is 1. The number of aromatic hydroxyl groups is 1. The number of carbonyl (C=O) groups excluding carboxylic acids is 2. The molecule has 0 bridgehead atoms. The van der Waals surface area contributed by atoms with E-state index in [4.69, 9.17) is 4.74 Å². The summed E-state index contributed by atoms with van der Waals surface area (Å²) >= 11 is 0. The Morgan fingerprint density at radius 2 is 1.93 bits per heavy atom. The van der Waals surface area contributed by atoms with Gasteiger partial charge in [0.15, 0.2) is 5.69 Å². The van der Waals surface area contributed by atoms with Crippen LogP contribution in [0, 0.1) is 0 Å². The summed E-state index contributed by atoms with van der Waals surface area (Å²) in [6.07, 6.45) is 2.93. The summed E-state index contributed by atoms with van der Waals surface area (Å²) in [5, 5.41) is 20.3. The molecular weight excluding hydrogens is 360 g/mol. The van der Waals surface area contributed by atoms with Gasteiger partial charge in [-0.2, -0.15) is 0 Å². The highest BCUT2D eigenvalue weighted by molar-refractivity contribution is 5.95. The quantitative estimate of drug-likeness (QED) is 0.451. The van der Waals surface area contributed by atoms with Crippen LogP contribution in [0.1, 0.15) is 5.56 Å². The maximum Gasteiger partial charge on any atom is 0.283 e. The predicted octanol–water partition coefficient (Wildman–Crippen LogP) is 3.32. The van der Waals surface area contributed by atoms with Gasteiger partial charge in [-0.1, -0.05) is 30.3 Å². The number of para-hydroxylation sites is 1. The molecule has 3 N–H and O–H groups in total. The monoisotopic (exact) mass is 378 g/mol. The molecule has 0 unspecified atom stereocenters. The third kappa shape index (κ3) is 4.61. The Bertz CT molecular complexity index is 1050. The molecule has 8 heteroatoms. The van der Waals surface area contributed by atoms with Crippen molar-refractivity contribution in [2.24, 2.45) is 10.2 Å². The number of methoxy groups -OCH3 is 1. The van der Waals surface area contributed by atoms with Gasteiger partial charge in [0, 0.05) is 11.5 Å². The van der Waals surface area contributed by atoms with E-state index in [0.717, 1.165) is 11.3 Å². The van der Waals surface area contributed by atoms with Crippen molar-refractivity contribution >= 4 is 34.5 Å². The van der Waals surface area contributed by atoms with Gasteiger partial charge in [-0.05, 0) is 29.8 Å². The van der Waals surface area contributed by atoms with Gasteiger partial charge in [-0.15, -0.1) is 10.2 Å². The molecule has 2 aromatic carbocycles. The van der Waals surface area contributed by atoms with E-state index in [1.165, 1.54) is 6.08 Å². The van der Waals surface area contributed by atoms with Crippen LogP contribution < -0.4 is 10.1 Å². The van der Waals surface area contributed by atoms with Crippen molar-refractivity contribution in [2.75, 3.05) is 13.7 Å². The Labute approximate surface area is 160 Å². The number of benzene rings is 2. The first-order chi connectivity index (χ1) is 13.6. The smallest absolute Gasteiger partial charge is 0.283 e. The molecule has 2 amide bonds. The average Bonchev–Trinajstić information content (AvgIpc) is 3.04. The lowest BCUT2D eigenvalue weighted by atomic mass is 10.2. The van der Waals surface area contributed by atoms with Gasteiger partial charge in [0.2, 0.25) is 11.8 Å². The topological polar surface area (TPSA) is 116 Å². The summed E-state index contributed by atoms with van der Waals surface area (Å²) in [6.45, 7) is -0.307. The molecule has 8 nitrogen and oxygen atoms in total. The zero-order chi connectivity index (χ0) is 19.9. The zero-order valence-electron chi connectivity index (χ0n) is 15.0. The van der Waals surface area contributed by atoms with Gasteiger partial charge in [0.05, 0.1) is 12.6 Å². The van der Waals surface area contributed by atoms with Gasteiger partial charge in [-0.25, -0.2) is 0 Å². The van der Waals surface area contributed by atoms with E-state index in [-0.39, 0.29) is 18.1 Å². The number of nitrogens with one attached hydrogen (secondary N) is 2. The van der Waals surface area contributed by atoms with E-state index >= 15 is 0 Å². The first kappa shape index (κ1) is 18.8. The van der Waals surface area contributed by atoms with E-state index in [1.807, 2.05) is 0 Å². The summed E-state index contributed by atoms with van der Waals surface area (Å²) in [4.78, 5) is 26.4. The van der Waals surface area contributed by atoms with Crippen LogP contribution in [-0.2, 0) is 9.59 Å². The SMILES string of the molecule is COc1ccc(C=CC(=O)NCC(=O)N=Nc2c(O)[nH]c3ccccc23)cc1. The number of aromatic amines is 1. The lowest BCUT2D eigenvalue weighted by Gasteiger charge is -1.99. The molecule has 142 valence electrons. The Kier molecular flexibility index (Phi) is 5.81. The van der Waals surface area contributed by atoms with Crippen molar-refractivity contribution in [3.05, 3.63) is 60.2 Å². The molecule has 1 heterocycles. The van der Waals surface area contributed by atoms with Crippen molar-refractivity contribution in [3.8, 4) is 11.6 Å². The van der Waals surface area contributed by atoms with Crippen molar-refractivity contribution in [3.63, 3.8) is 0 Å². The molecular formula is C20H18N4O4. The van der Waals surface area contributed by atoms with Crippen LogP contribution >= 0.6 is 0 Å². The maximum absolute atomic E-state index is 11.8. The number of rotatable bonds is 6. The minimum Gasteiger partial charge on any atom is -0.497 e. The van der Waals surface area contributed by atoms with E-state index < -0.39 is 11.8 Å². The summed E-state index contributed by atoms with van der Waals surface area (Å²) in [6, 6.07) is 14.3. The standard InChI is InChI=1S/C20H18N4O4/c1-28-14-9-6-13(7-10-14)8-11-17(25)21-12-18(26)23-24-19-15-4-2-3-5-16(15)22-20(19)27/h2-11,22,27H,12H2,1H3,(H,21,25). The van der Waals surface area contributed by atoms with E-state index in [0.29, 0.717) is 10.9 Å². The van der Waals surface area contributed by atoms with E-state index in [9.17, 15) is 14.7 Å². The molecule has 0 aliphatic rings. The number of hydrogen-bond donors (Lipinski definition) is 3. The molecule has 0 saturated heterocycles. The van der Waals surface area contributed by atoms with E-state index in [2.05, 4.69) is 20.5 Å². The fourth-order valence-corrected chi connectivity index (χ4v) is 2.46. The normalized spacial score (nSPS) is 11.3.